The van der Waals surface area contributed by atoms with Crippen LogP contribution in [0.25, 0.3) is 0 Å². The Kier molecular flexibility index (Phi) is 5.90. The van der Waals surface area contributed by atoms with Gasteiger partial charge in [0.25, 0.3) is 0 Å². The van der Waals surface area contributed by atoms with Gasteiger partial charge in [-0.3, -0.25) is 4.90 Å². The summed E-state index contributed by atoms with van der Waals surface area (Å²) in [7, 11) is 0. The predicted molar refractivity (Wildman–Crippen MR) is 95.3 cm³/mol. The summed E-state index contributed by atoms with van der Waals surface area (Å²) in [5, 5.41) is 2.54. The van der Waals surface area contributed by atoms with E-state index in [1.54, 1.807) is 27.7 Å². The lowest BCUT2D eigenvalue weighted by Gasteiger charge is -2.33. The number of nitrogens with one attached hydrogen (secondary N) is 1. The molecule has 0 aromatic heterocycles. The van der Waals surface area contributed by atoms with Crippen LogP contribution in [0.15, 0.2) is 30.3 Å². The van der Waals surface area contributed by atoms with E-state index in [0.717, 1.165) is 5.56 Å². The topological polar surface area (TPSA) is 84.9 Å². The number of hydrogen-bond donors (Lipinski definition) is 1. The molecule has 1 fully saturated rings. The highest BCUT2D eigenvalue weighted by molar-refractivity contribution is 5.93. The molecule has 1 heterocycles. The molecule has 1 aliphatic heterocycles. The van der Waals surface area contributed by atoms with Crippen molar-refractivity contribution in [2.75, 3.05) is 6.54 Å². The summed E-state index contributed by atoms with van der Waals surface area (Å²) in [6, 6.07) is 9.28. The summed E-state index contributed by atoms with van der Waals surface area (Å²) in [5.74, 6) is -0.758. The van der Waals surface area contributed by atoms with Crippen LogP contribution in [0, 0.1) is 0 Å². The number of benzene rings is 1. The van der Waals surface area contributed by atoms with E-state index in [4.69, 9.17) is 9.47 Å². The molecule has 0 saturated carbocycles. The van der Waals surface area contributed by atoms with Crippen molar-refractivity contribution in [1.82, 2.24) is 10.2 Å². The van der Waals surface area contributed by atoms with Crippen LogP contribution >= 0.6 is 0 Å². The quantitative estimate of drug-likeness (QED) is 0.659. The summed E-state index contributed by atoms with van der Waals surface area (Å²) in [6.45, 7) is 7.50. The highest BCUT2D eigenvalue weighted by atomic mass is 16.6. The van der Waals surface area contributed by atoms with Crippen LogP contribution < -0.4 is 5.32 Å². The van der Waals surface area contributed by atoms with E-state index in [1.165, 1.54) is 4.90 Å². The highest BCUT2D eigenvalue weighted by Crippen LogP contribution is 2.31. The fourth-order valence-corrected chi connectivity index (χ4v) is 2.79. The minimum absolute atomic E-state index is 0.249. The maximum Gasteiger partial charge on any atom is 0.415 e. The van der Waals surface area contributed by atoms with Crippen LogP contribution in [0.3, 0.4) is 0 Å². The summed E-state index contributed by atoms with van der Waals surface area (Å²) >= 11 is 0. The Balaban J connectivity index is 1.95. The van der Waals surface area contributed by atoms with E-state index in [1.807, 2.05) is 30.3 Å². The lowest BCUT2D eigenvalue weighted by molar-refractivity contribution is -0.148. The van der Waals surface area contributed by atoms with Gasteiger partial charge in [0.1, 0.15) is 11.1 Å². The van der Waals surface area contributed by atoms with Crippen LogP contribution in [0.5, 0.6) is 0 Å². The van der Waals surface area contributed by atoms with Crippen molar-refractivity contribution in [3.63, 3.8) is 0 Å². The average Bonchev–Trinajstić information content (AvgIpc) is 2.96. The van der Waals surface area contributed by atoms with Gasteiger partial charge in [-0.2, -0.15) is 0 Å². The summed E-state index contributed by atoms with van der Waals surface area (Å²) < 4.78 is 10.3. The Morgan fingerprint density at radius 3 is 2.46 bits per heavy atom. The van der Waals surface area contributed by atoms with Crippen molar-refractivity contribution in [1.29, 1.82) is 0 Å². The molecule has 0 spiro atoms. The number of carbonyl (C=O) groups is 3. The maximum atomic E-state index is 12.5. The first-order valence-corrected chi connectivity index (χ1v) is 8.66. The number of nitrogens with zero attached hydrogens (tertiary/aromatic N) is 1. The van der Waals surface area contributed by atoms with Gasteiger partial charge in [0.05, 0.1) is 0 Å². The van der Waals surface area contributed by atoms with Gasteiger partial charge in [0, 0.05) is 13.1 Å². The lowest BCUT2D eigenvalue weighted by Crippen LogP contribution is -2.53. The van der Waals surface area contributed by atoms with Gasteiger partial charge in [-0.05, 0) is 46.1 Å². The van der Waals surface area contributed by atoms with E-state index in [2.05, 4.69) is 5.32 Å². The molecule has 1 aromatic carbocycles. The van der Waals surface area contributed by atoms with Crippen molar-refractivity contribution < 1.29 is 23.9 Å². The standard InChI is InChI=1S/C19H26N2O5/c1-18(2,3)26-17(24)21-12-8-11-19(21,4)15(22)25-16(23)20-13-14-9-6-5-7-10-14/h5-7,9-10H,8,11-13H2,1-4H3,(H,20,23). The third-order valence-electron chi connectivity index (χ3n) is 4.16. The van der Waals surface area contributed by atoms with Gasteiger partial charge in [-0.1, -0.05) is 30.3 Å². The van der Waals surface area contributed by atoms with Crippen molar-refractivity contribution in [3.8, 4) is 0 Å². The number of amides is 2. The molecule has 1 atom stereocenters. The first-order valence-electron chi connectivity index (χ1n) is 8.66. The number of alkyl carbamates (subject to hydrolysis) is 1. The highest BCUT2D eigenvalue weighted by Gasteiger charge is 2.49. The molecular formula is C19H26N2O5. The SMILES string of the molecule is CC(C)(C)OC(=O)N1CCCC1(C)C(=O)OC(=O)NCc1ccccc1. The smallest absolute Gasteiger partial charge is 0.415 e. The van der Waals surface area contributed by atoms with Gasteiger partial charge in [-0.25, -0.2) is 14.4 Å². The minimum atomic E-state index is -1.22. The van der Waals surface area contributed by atoms with E-state index >= 15 is 0 Å². The second-order valence-corrected chi connectivity index (χ2v) is 7.53. The number of hydrogen-bond acceptors (Lipinski definition) is 5. The predicted octanol–water partition coefficient (Wildman–Crippen LogP) is 3.23. The van der Waals surface area contributed by atoms with Gasteiger partial charge in [0.2, 0.25) is 0 Å². The molecule has 1 aromatic rings. The molecule has 0 bridgehead atoms. The summed E-state index contributed by atoms with van der Waals surface area (Å²) in [4.78, 5) is 38.2. The second kappa shape index (κ2) is 7.76. The second-order valence-electron chi connectivity index (χ2n) is 7.53. The molecule has 0 aliphatic carbocycles. The molecule has 2 amide bonds. The number of esters is 1. The monoisotopic (exact) mass is 362 g/mol. The van der Waals surface area contributed by atoms with Gasteiger partial charge in [0.15, 0.2) is 0 Å². The van der Waals surface area contributed by atoms with E-state index in [0.29, 0.717) is 19.4 Å². The average molecular weight is 362 g/mol. The van der Waals surface area contributed by atoms with Gasteiger partial charge in [-0.15, -0.1) is 0 Å². The zero-order chi connectivity index (χ0) is 19.4. The molecule has 0 radical (unpaired) electrons. The molecule has 1 N–H and O–H groups in total. The van der Waals surface area contributed by atoms with Crippen molar-refractivity contribution in [3.05, 3.63) is 35.9 Å². The first kappa shape index (κ1) is 19.8. The zero-order valence-corrected chi connectivity index (χ0v) is 15.7. The van der Waals surface area contributed by atoms with Crippen LogP contribution in [0.2, 0.25) is 0 Å². The van der Waals surface area contributed by atoms with Crippen LogP contribution in [-0.4, -0.2) is 40.7 Å². The normalized spacial score (nSPS) is 19.8. The zero-order valence-electron chi connectivity index (χ0n) is 15.7. The largest absolute Gasteiger partial charge is 0.444 e. The number of ether oxygens (including phenoxy) is 2. The maximum absolute atomic E-state index is 12.5. The molecule has 26 heavy (non-hydrogen) atoms. The molecule has 142 valence electrons. The Hall–Kier alpha value is -2.57. The van der Waals surface area contributed by atoms with Gasteiger partial charge < -0.3 is 14.8 Å². The number of carbonyl (C=O) groups excluding carboxylic acids is 3. The molecule has 1 saturated heterocycles. The Bertz CT molecular complexity index is 668. The fourth-order valence-electron chi connectivity index (χ4n) is 2.79. The number of likely N-dealkylation sites (tertiary alicyclic amines) is 1. The molecular weight excluding hydrogens is 336 g/mol. The first-order chi connectivity index (χ1) is 12.1. The minimum Gasteiger partial charge on any atom is -0.444 e. The van der Waals surface area contributed by atoms with Crippen molar-refractivity contribution >= 4 is 18.2 Å². The molecule has 1 aliphatic rings. The van der Waals surface area contributed by atoms with Crippen LogP contribution in [-0.2, 0) is 20.8 Å². The van der Waals surface area contributed by atoms with E-state index in [-0.39, 0.29) is 6.54 Å². The summed E-state index contributed by atoms with van der Waals surface area (Å²) in [5.41, 5.74) is -0.997. The van der Waals surface area contributed by atoms with Crippen LogP contribution in [0.1, 0.15) is 46.1 Å². The van der Waals surface area contributed by atoms with Crippen molar-refractivity contribution in [2.45, 2.75) is 58.2 Å². The Labute approximate surface area is 153 Å². The van der Waals surface area contributed by atoms with Gasteiger partial charge >= 0.3 is 18.2 Å². The molecule has 7 nitrogen and oxygen atoms in total. The van der Waals surface area contributed by atoms with E-state index < -0.39 is 29.3 Å². The Morgan fingerprint density at radius 2 is 1.85 bits per heavy atom. The third kappa shape index (κ3) is 4.97. The fraction of sp³-hybridized carbons (Fsp3) is 0.526. The Morgan fingerprint density at radius 1 is 1.19 bits per heavy atom. The lowest BCUT2D eigenvalue weighted by atomic mass is 9.99. The molecule has 2 rings (SSSR count). The molecule has 1 unspecified atom stereocenters. The molecule has 7 heteroatoms. The third-order valence-corrected chi connectivity index (χ3v) is 4.16. The van der Waals surface area contributed by atoms with E-state index in [9.17, 15) is 14.4 Å². The summed E-state index contributed by atoms with van der Waals surface area (Å²) in [6.07, 6.45) is -0.372. The van der Waals surface area contributed by atoms with Crippen LogP contribution in [0.4, 0.5) is 9.59 Å². The number of rotatable bonds is 3. The van der Waals surface area contributed by atoms with Crippen molar-refractivity contribution in [2.24, 2.45) is 0 Å².